The third-order valence-electron chi connectivity index (χ3n) is 6.58. The zero-order chi connectivity index (χ0) is 24.6. The predicted octanol–water partition coefficient (Wildman–Crippen LogP) is 5.81. The van der Waals surface area contributed by atoms with E-state index in [1.807, 2.05) is 59.3 Å². The minimum Gasteiger partial charge on any atom is -0.497 e. The van der Waals surface area contributed by atoms with Gasteiger partial charge in [0, 0.05) is 29.1 Å². The van der Waals surface area contributed by atoms with Gasteiger partial charge in [-0.15, -0.1) is 6.58 Å². The summed E-state index contributed by atoms with van der Waals surface area (Å²) in [5.41, 5.74) is 6.40. The summed E-state index contributed by atoms with van der Waals surface area (Å²) < 4.78 is 8.84. The molecular formula is C30H24N4O2. The number of hydrogen-bond donors (Lipinski definition) is 0. The minimum atomic E-state index is -0.0900. The van der Waals surface area contributed by atoms with Gasteiger partial charge in [0.1, 0.15) is 5.75 Å². The lowest BCUT2D eigenvalue weighted by molar-refractivity contribution is 0.414. The highest BCUT2D eigenvalue weighted by Gasteiger charge is 2.17. The largest absolute Gasteiger partial charge is 0.497 e. The van der Waals surface area contributed by atoms with Crippen molar-refractivity contribution in [1.82, 2.24) is 19.1 Å². The molecule has 0 unspecified atom stereocenters. The number of methoxy groups -OCH3 is 1. The van der Waals surface area contributed by atoms with Crippen LogP contribution >= 0.6 is 0 Å². The lowest BCUT2D eigenvalue weighted by atomic mass is 10.0. The van der Waals surface area contributed by atoms with E-state index in [-0.39, 0.29) is 5.69 Å². The molecule has 6 rings (SSSR count). The number of fused-ring (bicyclic) bond motifs is 4. The first-order valence-corrected chi connectivity index (χ1v) is 11.8. The van der Waals surface area contributed by atoms with Gasteiger partial charge in [-0.25, -0.2) is 4.79 Å². The fraction of sp³-hybridized carbons (Fsp3) is 0.100. The molecule has 3 aromatic carbocycles. The van der Waals surface area contributed by atoms with E-state index in [1.165, 1.54) is 0 Å². The van der Waals surface area contributed by atoms with Gasteiger partial charge in [0.05, 0.1) is 41.9 Å². The Morgan fingerprint density at radius 3 is 2.50 bits per heavy atom. The molecule has 3 heterocycles. The molecule has 0 aliphatic carbocycles. The molecule has 36 heavy (non-hydrogen) atoms. The van der Waals surface area contributed by atoms with Crippen LogP contribution in [0.4, 0.5) is 0 Å². The fourth-order valence-electron chi connectivity index (χ4n) is 4.77. The van der Waals surface area contributed by atoms with E-state index in [1.54, 1.807) is 23.9 Å². The van der Waals surface area contributed by atoms with Gasteiger partial charge in [-0.1, -0.05) is 42.5 Å². The maximum atomic E-state index is 13.6. The van der Waals surface area contributed by atoms with Crippen LogP contribution in [-0.2, 0) is 13.1 Å². The number of aromatic nitrogens is 4. The molecule has 6 aromatic rings. The smallest absolute Gasteiger partial charge is 0.329 e. The van der Waals surface area contributed by atoms with Gasteiger partial charge in [0.25, 0.3) is 0 Å². The number of rotatable bonds is 6. The van der Waals surface area contributed by atoms with Crippen molar-refractivity contribution in [2.24, 2.45) is 0 Å². The summed E-state index contributed by atoms with van der Waals surface area (Å²) in [5, 5.41) is 2.01. The first-order chi connectivity index (χ1) is 17.7. The second-order valence-corrected chi connectivity index (χ2v) is 8.76. The Labute approximate surface area is 207 Å². The van der Waals surface area contributed by atoms with Gasteiger partial charge in [-0.05, 0) is 47.5 Å². The first-order valence-electron chi connectivity index (χ1n) is 11.8. The zero-order valence-corrected chi connectivity index (χ0v) is 19.9. The summed E-state index contributed by atoms with van der Waals surface area (Å²) in [7, 11) is 1.64. The van der Waals surface area contributed by atoms with Crippen LogP contribution in [0.5, 0.6) is 5.75 Å². The van der Waals surface area contributed by atoms with Gasteiger partial charge in [-0.2, -0.15) is 0 Å². The van der Waals surface area contributed by atoms with Gasteiger partial charge in [0.2, 0.25) is 0 Å². The van der Waals surface area contributed by atoms with Crippen LogP contribution in [0.2, 0.25) is 0 Å². The highest BCUT2D eigenvalue weighted by atomic mass is 16.5. The van der Waals surface area contributed by atoms with E-state index < -0.39 is 0 Å². The number of benzene rings is 3. The zero-order valence-electron chi connectivity index (χ0n) is 19.9. The van der Waals surface area contributed by atoms with Crippen LogP contribution in [0.1, 0.15) is 5.56 Å². The molecule has 0 amide bonds. The van der Waals surface area contributed by atoms with Crippen LogP contribution in [0.3, 0.4) is 0 Å². The van der Waals surface area contributed by atoms with E-state index in [2.05, 4.69) is 40.8 Å². The summed E-state index contributed by atoms with van der Waals surface area (Å²) in [6.45, 7) is 4.69. The highest BCUT2D eigenvalue weighted by Crippen LogP contribution is 2.30. The molecule has 6 nitrogen and oxygen atoms in total. The normalized spacial score (nSPS) is 11.4. The summed E-state index contributed by atoms with van der Waals surface area (Å²) in [4.78, 5) is 22.9. The monoisotopic (exact) mass is 472 g/mol. The minimum absolute atomic E-state index is 0.0900. The van der Waals surface area contributed by atoms with Gasteiger partial charge in [-0.3, -0.25) is 19.1 Å². The van der Waals surface area contributed by atoms with E-state index in [0.29, 0.717) is 13.1 Å². The molecule has 0 spiro atoms. The topological polar surface area (TPSA) is 61.9 Å². The lowest BCUT2D eigenvalue weighted by Gasteiger charge is -2.09. The quantitative estimate of drug-likeness (QED) is 0.287. The average molecular weight is 473 g/mol. The standard InChI is InChI=1S/C30H24N4O2/c1-3-14-33-28-18-32-27-13-10-21(23-15-22-6-4-5-7-26(22)31-17-23)16-25(27)29(28)34(30(33)35)19-20-8-11-24(36-2)12-9-20/h3-13,15-18H,1,14,19H2,2H3. The maximum Gasteiger partial charge on any atom is 0.329 e. The number of nitrogens with zero attached hydrogens (tertiary/aromatic N) is 4. The SMILES string of the molecule is C=CCn1c(=O)n(Cc2ccc(OC)cc2)c2c3cc(-c4cnc5ccccc5c4)ccc3ncc21. The summed E-state index contributed by atoms with van der Waals surface area (Å²) >= 11 is 0. The van der Waals surface area contributed by atoms with Gasteiger partial charge < -0.3 is 4.74 Å². The van der Waals surface area contributed by atoms with Crippen molar-refractivity contribution in [3.8, 4) is 16.9 Å². The molecule has 0 saturated carbocycles. The highest BCUT2D eigenvalue weighted by molar-refractivity contribution is 6.04. The molecule has 0 atom stereocenters. The van der Waals surface area contributed by atoms with Crippen molar-refractivity contribution in [3.63, 3.8) is 0 Å². The van der Waals surface area contributed by atoms with E-state index in [0.717, 1.165) is 55.3 Å². The Balaban J connectivity index is 1.57. The van der Waals surface area contributed by atoms with Crippen molar-refractivity contribution in [3.05, 3.63) is 114 Å². The molecule has 0 saturated heterocycles. The number of ether oxygens (including phenoxy) is 1. The summed E-state index contributed by atoms with van der Waals surface area (Å²) in [6.07, 6.45) is 5.41. The molecule has 6 heteroatoms. The molecule has 0 aliphatic heterocycles. The second kappa shape index (κ2) is 8.82. The molecule has 3 aromatic heterocycles. The Bertz CT molecular complexity index is 1810. The Hall–Kier alpha value is -4.71. The third-order valence-corrected chi connectivity index (χ3v) is 6.58. The van der Waals surface area contributed by atoms with Crippen LogP contribution in [0.25, 0.3) is 44.0 Å². The van der Waals surface area contributed by atoms with Gasteiger partial charge >= 0.3 is 5.69 Å². The molecular weight excluding hydrogens is 448 g/mol. The fourth-order valence-corrected chi connectivity index (χ4v) is 4.77. The van der Waals surface area contributed by atoms with Crippen molar-refractivity contribution in [1.29, 1.82) is 0 Å². The van der Waals surface area contributed by atoms with Crippen LogP contribution in [0.15, 0.2) is 103 Å². The third kappa shape index (κ3) is 3.64. The molecule has 0 fully saturated rings. The van der Waals surface area contributed by atoms with Crippen LogP contribution in [0, 0.1) is 0 Å². The molecule has 0 radical (unpaired) electrons. The molecule has 0 bridgehead atoms. The Morgan fingerprint density at radius 2 is 1.69 bits per heavy atom. The summed E-state index contributed by atoms with van der Waals surface area (Å²) in [5.74, 6) is 0.781. The second-order valence-electron chi connectivity index (χ2n) is 8.76. The van der Waals surface area contributed by atoms with Crippen molar-refractivity contribution >= 4 is 32.8 Å². The predicted molar refractivity (Wildman–Crippen MR) is 145 cm³/mol. The Kier molecular flexibility index (Phi) is 5.34. The maximum absolute atomic E-state index is 13.6. The van der Waals surface area contributed by atoms with Gasteiger partial charge in [0.15, 0.2) is 0 Å². The number of hydrogen-bond acceptors (Lipinski definition) is 4. The number of allylic oxidation sites excluding steroid dienone is 1. The van der Waals surface area contributed by atoms with E-state index >= 15 is 0 Å². The van der Waals surface area contributed by atoms with Crippen molar-refractivity contribution < 1.29 is 4.74 Å². The van der Waals surface area contributed by atoms with Crippen LogP contribution in [-0.4, -0.2) is 26.2 Å². The first kappa shape index (κ1) is 21.8. The molecule has 0 aliphatic rings. The summed E-state index contributed by atoms with van der Waals surface area (Å²) in [6, 6.07) is 24.2. The van der Waals surface area contributed by atoms with E-state index in [4.69, 9.17) is 4.74 Å². The molecule has 0 N–H and O–H groups in total. The van der Waals surface area contributed by atoms with Crippen LogP contribution < -0.4 is 10.4 Å². The van der Waals surface area contributed by atoms with Crippen molar-refractivity contribution in [2.75, 3.05) is 7.11 Å². The average Bonchev–Trinajstić information content (AvgIpc) is 3.19. The van der Waals surface area contributed by atoms with Crippen molar-refractivity contribution in [2.45, 2.75) is 13.1 Å². The molecule has 176 valence electrons. The van der Waals surface area contributed by atoms with E-state index in [9.17, 15) is 4.79 Å². The number of para-hydroxylation sites is 1. The lowest BCUT2D eigenvalue weighted by Crippen LogP contribution is -2.24. The number of pyridine rings is 2. The number of imidazole rings is 1. The Morgan fingerprint density at radius 1 is 0.889 bits per heavy atom.